The highest BCUT2D eigenvalue weighted by atomic mass is 16.6. The lowest BCUT2D eigenvalue weighted by molar-refractivity contribution is -0.385. The molecule has 104 valence electrons. The maximum absolute atomic E-state index is 10.9. The van der Waals surface area contributed by atoms with Crippen molar-refractivity contribution in [2.45, 2.75) is 25.9 Å². The van der Waals surface area contributed by atoms with E-state index in [1.165, 1.54) is 0 Å². The summed E-state index contributed by atoms with van der Waals surface area (Å²) >= 11 is 0. The van der Waals surface area contributed by atoms with E-state index in [0.29, 0.717) is 12.3 Å². The van der Waals surface area contributed by atoms with Crippen LogP contribution in [-0.4, -0.2) is 40.7 Å². The molecule has 1 aromatic carbocycles. The molecule has 0 aliphatic carbocycles. The minimum absolute atomic E-state index is 0.203. The van der Waals surface area contributed by atoms with Gasteiger partial charge < -0.3 is 10.0 Å². The molecule has 2 atom stereocenters. The first-order chi connectivity index (χ1) is 9.08. The van der Waals surface area contributed by atoms with E-state index in [4.69, 9.17) is 0 Å². The van der Waals surface area contributed by atoms with Gasteiger partial charge in [0.15, 0.2) is 0 Å². The number of nitrogens with zero attached hydrogens (tertiary/aromatic N) is 2. The van der Waals surface area contributed by atoms with E-state index in [0.717, 1.165) is 31.6 Å². The molecular weight excluding hydrogens is 244 g/mol. The SMILES string of the molecule is CC(O)C1CCN(CCc2ccccc2[N+](=O)[O-])C1. The van der Waals surface area contributed by atoms with Crippen molar-refractivity contribution in [1.82, 2.24) is 4.90 Å². The number of nitro groups is 1. The lowest BCUT2D eigenvalue weighted by Crippen LogP contribution is -2.26. The fourth-order valence-electron chi connectivity index (χ4n) is 2.64. The monoisotopic (exact) mass is 264 g/mol. The molecule has 1 aliphatic heterocycles. The molecule has 0 spiro atoms. The summed E-state index contributed by atoms with van der Waals surface area (Å²) in [5.41, 5.74) is 0.988. The normalized spacial score (nSPS) is 21.5. The molecule has 0 saturated carbocycles. The molecule has 0 aromatic heterocycles. The van der Waals surface area contributed by atoms with Gasteiger partial charge >= 0.3 is 0 Å². The van der Waals surface area contributed by atoms with E-state index in [1.807, 2.05) is 19.1 Å². The number of likely N-dealkylation sites (tertiary alicyclic amines) is 1. The van der Waals surface area contributed by atoms with Gasteiger partial charge in [0.1, 0.15) is 0 Å². The number of aliphatic hydroxyl groups is 1. The molecule has 1 N–H and O–H groups in total. The Hall–Kier alpha value is -1.46. The zero-order valence-corrected chi connectivity index (χ0v) is 11.2. The van der Waals surface area contributed by atoms with Gasteiger partial charge in [0, 0.05) is 24.7 Å². The lowest BCUT2D eigenvalue weighted by atomic mass is 10.0. The Morgan fingerprint density at radius 3 is 2.89 bits per heavy atom. The van der Waals surface area contributed by atoms with E-state index < -0.39 is 0 Å². The fraction of sp³-hybridized carbons (Fsp3) is 0.571. The van der Waals surface area contributed by atoms with Crippen LogP contribution < -0.4 is 0 Å². The molecular formula is C14H20N2O3. The number of hydrogen-bond donors (Lipinski definition) is 1. The van der Waals surface area contributed by atoms with E-state index in [2.05, 4.69) is 4.90 Å². The Morgan fingerprint density at radius 1 is 1.53 bits per heavy atom. The summed E-state index contributed by atoms with van der Waals surface area (Å²) in [6.45, 7) is 4.50. The Kier molecular flexibility index (Phi) is 4.50. The highest BCUT2D eigenvalue weighted by Gasteiger charge is 2.26. The zero-order chi connectivity index (χ0) is 13.8. The number of benzene rings is 1. The maximum Gasteiger partial charge on any atom is 0.272 e. The van der Waals surface area contributed by atoms with Gasteiger partial charge in [-0.2, -0.15) is 0 Å². The van der Waals surface area contributed by atoms with E-state index in [9.17, 15) is 15.2 Å². The van der Waals surface area contributed by atoms with E-state index >= 15 is 0 Å². The molecule has 1 saturated heterocycles. The summed E-state index contributed by atoms with van der Waals surface area (Å²) in [5.74, 6) is 0.339. The number of nitro benzene ring substituents is 1. The third-order valence-electron chi connectivity index (χ3n) is 3.88. The smallest absolute Gasteiger partial charge is 0.272 e. The predicted octanol–water partition coefficient (Wildman–Crippen LogP) is 1.84. The second-order valence-electron chi connectivity index (χ2n) is 5.23. The van der Waals surface area contributed by atoms with Crippen molar-refractivity contribution in [2.75, 3.05) is 19.6 Å². The van der Waals surface area contributed by atoms with Crippen LogP contribution in [0.1, 0.15) is 18.9 Å². The molecule has 1 heterocycles. The van der Waals surface area contributed by atoms with Crippen molar-refractivity contribution in [3.05, 3.63) is 39.9 Å². The molecule has 19 heavy (non-hydrogen) atoms. The lowest BCUT2D eigenvalue weighted by Gasteiger charge is -2.17. The van der Waals surface area contributed by atoms with Gasteiger partial charge in [-0.15, -0.1) is 0 Å². The fourth-order valence-corrected chi connectivity index (χ4v) is 2.64. The number of rotatable bonds is 5. The van der Waals surface area contributed by atoms with Gasteiger partial charge in [0.2, 0.25) is 0 Å². The highest BCUT2D eigenvalue weighted by Crippen LogP contribution is 2.22. The molecule has 5 heteroatoms. The van der Waals surface area contributed by atoms with Crippen molar-refractivity contribution < 1.29 is 10.0 Å². The molecule has 1 fully saturated rings. The minimum atomic E-state index is -0.322. The Labute approximate surface area is 113 Å². The average molecular weight is 264 g/mol. The van der Waals surface area contributed by atoms with Crippen LogP contribution in [0.3, 0.4) is 0 Å². The largest absolute Gasteiger partial charge is 0.393 e. The Morgan fingerprint density at radius 2 is 2.26 bits per heavy atom. The number of para-hydroxylation sites is 1. The van der Waals surface area contributed by atoms with Crippen LogP contribution in [0.15, 0.2) is 24.3 Å². The van der Waals surface area contributed by atoms with Crippen molar-refractivity contribution in [3.63, 3.8) is 0 Å². The third kappa shape index (κ3) is 3.52. The molecule has 0 bridgehead atoms. The van der Waals surface area contributed by atoms with Gasteiger partial charge in [-0.05, 0) is 32.2 Å². The second-order valence-corrected chi connectivity index (χ2v) is 5.23. The van der Waals surface area contributed by atoms with Crippen LogP contribution >= 0.6 is 0 Å². The van der Waals surface area contributed by atoms with Crippen LogP contribution in [-0.2, 0) is 6.42 Å². The first kappa shape index (κ1) is 14.0. The summed E-state index contributed by atoms with van der Waals surface area (Å²) in [5, 5.41) is 20.5. The summed E-state index contributed by atoms with van der Waals surface area (Å²) in [4.78, 5) is 12.9. The van der Waals surface area contributed by atoms with Crippen LogP contribution in [0.2, 0.25) is 0 Å². The molecule has 1 aliphatic rings. The molecule has 2 unspecified atom stereocenters. The first-order valence-electron chi connectivity index (χ1n) is 6.70. The van der Waals surface area contributed by atoms with E-state index in [-0.39, 0.29) is 16.7 Å². The van der Waals surface area contributed by atoms with Gasteiger partial charge in [0.25, 0.3) is 5.69 Å². The standard InChI is InChI=1S/C14H20N2O3/c1-11(17)13-7-9-15(10-13)8-6-12-4-2-3-5-14(12)16(18)19/h2-5,11,13,17H,6-10H2,1H3. The zero-order valence-electron chi connectivity index (χ0n) is 11.2. The van der Waals surface area contributed by atoms with Crippen molar-refractivity contribution in [1.29, 1.82) is 0 Å². The van der Waals surface area contributed by atoms with Crippen LogP contribution in [0.25, 0.3) is 0 Å². The molecule has 0 radical (unpaired) electrons. The Balaban J connectivity index is 1.91. The summed E-state index contributed by atoms with van der Waals surface area (Å²) in [7, 11) is 0. The van der Waals surface area contributed by atoms with Crippen LogP contribution in [0.4, 0.5) is 5.69 Å². The average Bonchev–Trinajstić information content (AvgIpc) is 2.85. The van der Waals surface area contributed by atoms with Crippen LogP contribution in [0.5, 0.6) is 0 Å². The van der Waals surface area contributed by atoms with Gasteiger partial charge in [-0.1, -0.05) is 18.2 Å². The molecule has 0 amide bonds. The number of aliphatic hydroxyl groups excluding tert-OH is 1. The molecule has 5 nitrogen and oxygen atoms in total. The van der Waals surface area contributed by atoms with Gasteiger partial charge in [0.05, 0.1) is 11.0 Å². The maximum atomic E-state index is 10.9. The quantitative estimate of drug-likeness (QED) is 0.651. The third-order valence-corrected chi connectivity index (χ3v) is 3.88. The highest BCUT2D eigenvalue weighted by molar-refractivity contribution is 5.39. The summed E-state index contributed by atoms with van der Waals surface area (Å²) in [6, 6.07) is 6.91. The van der Waals surface area contributed by atoms with E-state index in [1.54, 1.807) is 12.1 Å². The van der Waals surface area contributed by atoms with Gasteiger partial charge in [-0.25, -0.2) is 0 Å². The minimum Gasteiger partial charge on any atom is -0.393 e. The topological polar surface area (TPSA) is 66.6 Å². The molecule has 2 rings (SSSR count). The number of hydrogen-bond acceptors (Lipinski definition) is 4. The van der Waals surface area contributed by atoms with Crippen molar-refractivity contribution in [3.8, 4) is 0 Å². The predicted molar refractivity (Wildman–Crippen MR) is 73.0 cm³/mol. The summed E-state index contributed by atoms with van der Waals surface area (Å²) < 4.78 is 0. The Bertz CT molecular complexity index is 448. The van der Waals surface area contributed by atoms with Crippen molar-refractivity contribution >= 4 is 5.69 Å². The van der Waals surface area contributed by atoms with Gasteiger partial charge in [-0.3, -0.25) is 10.1 Å². The van der Waals surface area contributed by atoms with Crippen molar-refractivity contribution in [2.24, 2.45) is 5.92 Å². The van der Waals surface area contributed by atoms with Crippen LogP contribution in [0, 0.1) is 16.0 Å². The molecule has 1 aromatic rings. The second kappa shape index (κ2) is 6.12. The first-order valence-corrected chi connectivity index (χ1v) is 6.70. The summed E-state index contributed by atoms with van der Waals surface area (Å²) in [6.07, 6.45) is 1.43.